The molecule has 2 aromatic rings. The molecule has 2 rings (SSSR count). The third-order valence-electron chi connectivity index (χ3n) is 3.21. The van der Waals surface area contributed by atoms with E-state index in [1.165, 1.54) is 12.1 Å². The first-order chi connectivity index (χ1) is 11.7. The SMILES string of the molecule is O=P([O-])([O-])C(F)(F)c1ccc(CSCCOc2ccccc2)cc1Br.[Na+].[Na+]. The van der Waals surface area contributed by atoms with Crippen LogP contribution in [0.25, 0.3) is 0 Å². The number of hydrogen-bond donors (Lipinski definition) is 0. The first-order valence-corrected chi connectivity index (χ1v) is 10.7. The zero-order valence-electron chi connectivity index (χ0n) is 14.9. The van der Waals surface area contributed by atoms with Crippen LogP contribution < -0.4 is 73.6 Å². The molecule has 0 bridgehead atoms. The van der Waals surface area contributed by atoms with E-state index in [4.69, 9.17) is 4.74 Å². The van der Waals surface area contributed by atoms with Crippen molar-refractivity contribution in [3.63, 3.8) is 0 Å². The Labute approximate surface area is 213 Å². The minimum atomic E-state index is -6.08. The van der Waals surface area contributed by atoms with Gasteiger partial charge in [0.1, 0.15) is 5.75 Å². The molecule has 0 saturated carbocycles. The Hall–Kier alpha value is 1.08. The van der Waals surface area contributed by atoms with Crippen LogP contribution in [0.3, 0.4) is 0 Å². The third-order valence-corrected chi connectivity index (χ3v) is 5.79. The van der Waals surface area contributed by atoms with Gasteiger partial charge in [-0.05, 0) is 23.8 Å². The van der Waals surface area contributed by atoms with Crippen LogP contribution in [0.2, 0.25) is 0 Å². The van der Waals surface area contributed by atoms with Crippen molar-refractivity contribution in [1.82, 2.24) is 0 Å². The molecule has 0 spiro atoms. The van der Waals surface area contributed by atoms with Gasteiger partial charge in [0.15, 0.2) is 0 Å². The van der Waals surface area contributed by atoms with Crippen molar-refractivity contribution in [2.75, 3.05) is 12.4 Å². The fraction of sp³-hybridized carbons (Fsp3) is 0.250. The van der Waals surface area contributed by atoms with Crippen molar-refractivity contribution in [2.24, 2.45) is 0 Å². The first kappa shape index (κ1) is 28.1. The molecule has 0 aliphatic carbocycles. The van der Waals surface area contributed by atoms with Gasteiger partial charge in [-0.25, -0.2) is 0 Å². The molecular formula is C16H14BrF2Na2O4PS. The summed E-state index contributed by atoms with van der Waals surface area (Å²) < 4.78 is 43.4. The monoisotopic (exact) mass is 496 g/mol. The summed E-state index contributed by atoms with van der Waals surface area (Å²) in [5.41, 5.74) is -4.56. The Bertz CT molecular complexity index is 765. The van der Waals surface area contributed by atoms with E-state index >= 15 is 0 Å². The van der Waals surface area contributed by atoms with Crippen LogP contribution >= 0.6 is 35.3 Å². The molecule has 0 heterocycles. The van der Waals surface area contributed by atoms with Gasteiger partial charge in [0.2, 0.25) is 0 Å². The van der Waals surface area contributed by atoms with Crippen molar-refractivity contribution >= 4 is 35.3 Å². The molecule has 0 aliphatic heterocycles. The normalized spacial score (nSPS) is 11.3. The van der Waals surface area contributed by atoms with Crippen LogP contribution in [0.15, 0.2) is 53.0 Å². The number of halogens is 3. The van der Waals surface area contributed by atoms with Crippen molar-refractivity contribution in [2.45, 2.75) is 11.4 Å². The van der Waals surface area contributed by atoms with Crippen LogP contribution in [-0.4, -0.2) is 12.4 Å². The van der Waals surface area contributed by atoms with Crippen molar-refractivity contribution in [3.8, 4) is 5.75 Å². The van der Waals surface area contributed by atoms with E-state index in [0.717, 1.165) is 17.4 Å². The minimum Gasteiger partial charge on any atom is -0.806 e. The summed E-state index contributed by atoms with van der Waals surface area (Å²) in [7, 11) is -6.08. The topological polar surface area (TPSA) is 72.4 Å². The Kier molecular flexibility index (Phi) is 13.2. The molecule has 0 aromatic heterocycles. The number of para-hydroxylation sites is 1. The van der Waals surface area contributed by atoms with E-state index in [9.17, 15) is 23.1 Å². The standard InChI is InChI=1S/C16H16BrF2O4PS.2Na/c17-15-10-12(6-7-14(15)16(18,19)24(20,21)22)11-25-9-8-23-13-4-2-1-3-5-13;;/h1-7,10H,8-9,11H2,(H2,20,21,22);;/q;2*+1/p-2. The average Bonchev–Trinajstić information content (AvgIpc) is 2.54. The van der Waals surface area contributed by atoms with E-state index in [-0.39, 0.29) is 63.6 Å². The molecular weight excluding hydrogens is 483 g/mol. The maximum absolute atomic E-state index is 13.6. The van der Waals surface area contributed by atoms with Crippen LogP contribution in [0.4, 0.5) is 8.78 Å². The summed E-state index contributed by atoms with van der Waals surface area (Å²) in [5.74, 6) is 2.01. The number of thioether (sulfide) groups is 1. The smallest absolute Gasteiger partial charge is 0.806 e. The molecule has 0 N–H and O–H groups in total. The maximum atomic E-state index is 13.6. The average molecular weight is 497 g/mol. The molecule has 0 aliphatic rings. The van der Waals surface area contributed by atoms with Crippen LogP contribution in [-0.2, 0) is 16.0 Å². The van der Waals surface area contributed by atoms with Gasteiger partial charge < -0.3 is 19.1 Å². The van der Waals surface area contributed by atoms with Gasteiger partial charge in [-0.2, -0.15) is 20.5 Å². The van der Waals surface area contributed by atoms with Gasteiger partial charge in [0.05, 0.1) is 6.61 Å². The largest absolute Gasteiger partial charge is 1.00 e. The molecule has 11 heteroatoms. The molecule has 0 radical (unpaired) electrons. The summed E-state index contributed by atoms with van der Waals surface area (Å²) >= 11 is 4.46. The van der Waals surface area contributed by atoms with Gasteiger partial charge >= 0.3 is 59.1 Å². The zero-order valence-corrected chi connectivity index (χ0v) is 22.2. The molecule has 2 aromatic carbocycles. The van der Waals surface area contributed by atoms with Gasteiger partial charge in [-0.1, -0.05) is 46.3 Å². The van der Waals surface area contributed by atoms with Crippen molar-refractivity contribution < 1.29 is 87.0 Å². The summed E-state index contributed by atoms with van der Waals surface area (Å²) in [6.07, 6.45) is 0. The summed E-state index contributed by atoms with van der Waals surface area (Å²) in [6, 6.07) is 13.1. The predicted octanol–water partition coefficient (Wildman–Crippen LogP) is -2.27. The molecule has 0 unspecified atom stereocenters. The van der Waals surface area contributed by atoms with Crippen LogP contribution in [0.5, 0.6) is 5.75 Å². The molecule has 27 heavy (non-hydrogen) atoms. The van der Waals surface area contributed by atoms with E-state index in [2.05, 4.69) is 15.9 Å². The fourth-order valence-electron chi connectivity index (χ4n) is 1.97. The molecule has 0 saturated heterocycles. The Morgan fingerprint density at radius 2 is 1.74 bits per heavy atom. The number of rotatable bonds is 8. The number of hydrogen-bond acceptors (Lipinski definition) is 5. The Morgan fingerprint density at radius 1 is 1.11 bits per heavy atom. The molecule has 0 fully saturated rings. The molecule has 0 amide bonds. The number of alkyl halides is 2. The van der Waals surface area contributed by atoms with E-state index < -0.39 is 18.8 Å². The van der Waals surface area contributed by atoms with Gasteiger partial charge in [0.25, 0.3) is 5.66 Å². The van der Waals surface area contributed by atoms with Gasteiger partial charge in [-0.15, -0.1) is 0 Å². The van der Waals surface area contributed by atoms with Crippen LogP contribution in [0.1, 0.15) is 11.1 Å². The third kappa shape index (κ3) is 8.38. The van der Waals surface area contributed by atoms with E-state index in [0.29, 0.717) is 18.1 Å². The zero-order chi connectivity index (χ0) is 18.5. The Morgan fingerprint density at radius 3 is 2.30 bits per heavy atom. The second-order valence-corrected chi connectivity index (χ2v) is 8.58. The van der Waals surface area contributed by atoms with Crippen molar-refractivity contribution in [3.05, 3.63) is 64.1 Å². The summed E-state index contributed by atoms with van der Waals surface area (Å²) in [6.45, 7) is 0.502. The predicted molar refractivity (Wildman–Crippen MR) is 93.7 cm³/mol. The van der Waals surface area contributed by atoms with Gasteiger partial charge in [0, 0.05) is 29.1 Å². The van der Waals surface area contributed by atoms with Crippen LogP contribution in [0, 0.1) is 0 Å². The van der Waals surface area contributed by atoms with Gasteiger partial charge in [-0.3, -0.25) is 0 Å². The fourth-order valence-corrected chi connectivity index (χ4v) is 4.04. The van der Waals surface area contributed by atoms with E-state index in [1.54, 1.807) is 11.8 Å². The Balaban J connectivity index is 0.00000338. The summed E-state index contributed by atoms with van der Waals surface area (Å²) in [4.78, 5) is 21.5. The number of benzene rings is 2. The first-order valence-electron chi connectivity index (χ1n) is 7.16. The molecule has 136 valence electrons. The quantitative estimate of drug-likeness (QED) is 0.234. The van der Waals surface area contributed by atoms with E-state index in [1.807, 2.05) is 30.3 Å². The summed E-state index contributed by atoms with van der Waals surface area (Å²) in [5, 5.41) is 0. The second-order valence-electron chi connectivity index (χ2n) is 5.07. The van der Waals surface area contributed by atoms with Crippen molar-refractivity contribution in [1.29, 1.82) is 0 Å². The number of ether oxygens (including phenoxy) is 1. The molecule has 4 nitrogen and oxygen atoms in total. The minimum absolute atomic E-state index is 0. The second kappa shape index (κ2) is 12.7. The maximum Gasteiger partial charge on any atom is 1.00 e. The molecule has 0 atom stereocenters.